The highest BCUT2D eigenvalue weighted by Crippen LogP contribution is 2.17. The van der Waals surface area contributed by atoms with Crippen molar-refractivity contribution in [1.29, 1.82) is 0 Å². The number of allylic oxidation sites excluding steroid dienone is 2. The molecule has 2 heteroatoms. The molecular weight excluding hydrogens is 126 g/mol. The van der Waals surface area contributed by atoms with Gasteiger partial charge in [-0.15, -0.1) is 0 Å². The van der Waals surface area contributed by atoms with Crippen LogP contribution in [-0.2, 0) is 4.79 Å². The maximum absolute atomic E-state index is 11.1. The molecule has 2 nitrogen and oxygen atoms in total. The molecule has 0 fully saturated rings. The van der Waals surface area contributed by atoms with Crippen LogP contribution in [-0.4, -0.2) is 12.5 Å². The quantitative estimate of drug-likeness (QED) is 0.570. The van der Waals surface area contributed by atoms with Crippen molar-refractivity contribution in [2.75, 3.05) is 6.54 Å². The molecule has 1 rings (SSSR count). The fourth-order valence-electron chi connectivity index (χ4n) is 1.15. The molecule has 0 aliphatic heterocycles. The third-order valence-electron chi connectivity index (χ3n) is 1.73. The standard InChI is InChI=1S/C8H13NO/c1-2-9-8(10)7-5-3-4-6-7/h3-4,7H,2,5-6H2,1H3,(H,9,10). The Morgan fingerprint density at radius 3 is 2.70 bits per heavy atom. The lowest BCUT2D eigenvalue weighted by molar-refractivity contribution is -0.124. The van der Waals surface area contributed by atoms with Crippen LogP contribution in [0, 0.1) is 5.92 Å². The first-order valence-corrected chi connectivity index (χ1v) is 3.77. The average molecular weight is 139 g/mol. The Kier molecular flexibility index (Phi) is 2.49. The van der Waals surface area contributed by atoms with Gasteiger partial charge in [-0.2, -0.15) is 0 Å². The van der Waals surface area contributed by atoms with Gasteiger partial charge in [0.2, 0.25) is 5.91 Å². The van der Waals surface area contributed by atoms with Gasteiger partial charge >= 0.3 is 0 Å². The van der Waals surface area contributed by atoms with Crippen LogP contribution >= 0.6 is 0 Å². The SMILES string of the molecule is CCNC(=O)C1CC=CC1. The molecule has 0 spiro atoms. The van der Waals surface area contributed by atoms with Gasteiger partial charge in [-0.05, 0) is 19.8 Å². The number of hydrogen-bond donors (Lipinski definition) is 1. The molecule has 56 valence electrons. The van der Waals surface area contributed by atoms with Crippen molar-refractivity contribution in [3.05, 3.63) is 12.2 Å². The molecule has 0 saturated carbocycles. The van der Waals surface area contributed by atoms with Crippen molar-refractivity contribution in [1.82, 2.24) is 5.32 Å². The molecule has 0 aromatic carbocycles. The Bertz CT molecular complexity index is 143. The van der Waals surface area contributed by atoms with Gasteiger partial charge in [0.05, 0.1) is 0 Å². The number of amides is 1. The molecule has 1 amide bonds. The molecule has 1 aliphatic rings. The lowest BCUT2D eigenvalue weighted by atomic mass is 10.1. The van der Waals surface area contributed by atoms with E-state index in [-0.39, 0.29) is 11.8 Å². The summed E-state index contributed by atoms with van der Waals surface area (Å²) in [6.07, 6.45) is 5.98. The topological polar surface area (TPSA) is 29.1 Å². The van der Waals surface area contributed by atoms with Crippen molar-refractivity contribution in [2.45, 2.75) is 19.8 Å². The first-order valence-electron chi connectivity index (χ1n) is 3.77. The van der Waals surface area contributed by atoms with Crippen LogP contribution in [0.1, 0.15) is 19.8 Å². The van der Waals surface area contributed by atoms with Crippen molar-refractivity contribution in [3.8, 4) is 0 Å². The van der Waals surface area contributed by atoms with E-state index in [4.69, 9.17) is 0 Å². The lowest BCUT2D eigenvalue weighted by Crippen LogP contribution is -2.28. The maximum Gasteiger partial charge on any atom is 0.223 e. The van der Waals surface area contributed by atoms with E-state index in [1.54, 1.807) is 0 Å². The van der Waals surface area contributed by atoms with E-state index in [0.717, 1.165) is 19.4 Å². The highest BCUT2D eigenvalue weighted by molar-refractivity contribution is 5.79. The summed E-state index contributed by atoms with van der Waals surface area (Å²) in [6, 6.07) is 0. The van der Waals surface area contributed by atoms with E-state index < -0.39 is 0 Å². The number of rotatable bonds is 2. The smallest absolute Gasteiger partial charge is 0.223 e. The highest BCUT2D eigenvalue weighted by Gasteiger charge is 2.17. The molecule has 0 unspecified atom stereocenters. The number of carbonyl (C=O) groups excluding carboxylic acids is 1. The first-order chi connectivity index (χ1) is 4.84. The maximum atomic E-state index is 11.1. The van der Waals surface area contributed by atoms with Gasteiger partial charge in [-0.25, -0.2) is 0 Å². The van der Waals surface area contributed by atoms with Gasteiger partial charge in [-0.1, -0.05) is 12.2 Å². The van der Waals surface area contributed by atoms with E-state index >= 15 is 0 Å². The third-order valence-corrected chi connectivity index (χ3v) is 1.73. The van der Waals surface area contributed by atoms with Gasteiger partial charge in [0.1, 0.15) is 0 Å². The van der Waals surface area contributed by atoms with Crippen molar-refractivity contribution < 1.29 is 4.79 Å². The monoisotopic (exact) mass is 139 g/mol. The summed E-state index contributed by atoms with van der Waals surface area (Å²) in [7, 11) is 0. The fraction of sp³-hybridized carbons (Fsp3) is 0.625. The molecule has 1 aliphatic carbocycles. The summed E-state index contributed by atoms with van der Waals surface area (Å²) in [5.41, 5.74) is 0. The largest absolute Gasteiger partial charge is 0.356 e. The molecule has 1 N–H and O–H groups in total. The van der Waals surface area contributed by atoms with Crippen LogP contribution in [0.25, 0.3) is 0 Å². The Morgan fingerprint density at radius 1 is 1.60 bits per heavy atom. The van der Waals surface area contributed by atoms with E-state index in [1.165, 1.54) is 0 Å². The molecule has 0 radical (unpaired) electrons. The van der Waals surface area contributed by atoms with Gasteiger partial charge in [0.25, 0.3) is 0 Å². The van der Waals surface area contributed by atoms with Gasteiger partial charge in [-0.3, -0.25) is 4.79 Å². The molecule has 0 aromatic heterocycles. The Balaban J connectivity index is 2.28. The predicted molar refractivity (Wildman–Crippen MR) is 40.5 cm³/mol. The van der Waals surface area contributed by atoms with Crippen molar-refractivity contribution in [2.24, 2.45) is 5.92 Å². The highest BCUT2D eigenvalue weighted by atomic mass is 16.1. The first kappa shape index (κ1) is 7.32. The van der Waals surface area contributed by atoms with Gasteiger partial charge < -0.3 is 5.32 Å². The summed E-state index contributed by atoms with van der Waals surface area (Å²) < 4.78 is 0. The molecule has 0 saturated heterocycles. The van der Waals surface area contributed by atoms with E-state index in [1.807, 2.05) is 6.92 Å². The molecule has 0 aromatic rings. The minimum atomic E-state index is 0.201. The zero-order valence-corrected chi connectivity index (χ0v) is 6.26. The van der Waals surface area contributed by atoms with E-state index in [2.05, 4.69) is 17.5 Å². The molecule has 0 bridgehead atoms. The summed E-state index contributed by atoms with van der Waals surface area (Å²) in [5, 5.41) is 2.81. The predicted octanol–water partition coefficient (Wildman–Crippen LogP) is 1.09. The van der Waals surface area contributed by atoms with Crippen LogP contribution in [0.3, 0.4) is 0 Å². The van der Waals surface area contributed by atoms with Crippen molar-refractivity contribution >= 4 is 5.91 Å². The van der Waals surface area contributed by atoms with Crippen LogP contribution in [0.4, 0.5) is 0 Å². The van der Waals surface area contributed by atoms with Crippen LogP contribution in [0.5, 0.6) is 0 Å². The Labute approximate surface area is 61.3 Å². The minimum absolute atomic E-state index is 0.201. The normalized spacial score (nSPS) is 17.7. The number of nitrogens with one attached hydrogen (secondary N) is 1. The fourth-order valence-corrected chi connectivity index (χ4v) is 1.15. The van der Waals surface area contributed by atoms with Crippen LogP contribution in [0.2, 0.25) is 0 Å². The van der Waals surface area contributed by atoms with Gasteiger partial charge in [0, 0.05) is 12.5 Å². The number of hydrogen-bond acceptors (Lipinski definition) is 1. The van der Waals surface area contributed by atoms with Crippen molar-refractivity contribution in [3.63, 3.8) is 0 Å². The zero-order valence-electron chi connectivity index (χ0n) is 6.26. The molecule has 0 heterocycles. The van der Waals surface area contributed by atoms with E-state index in [9.17, 15) is 4.79 Å². The third kappa shape index (κ3) is 1.59. The summed E-state index contributed by atoms with van der Waals surface area (Å²) in [4.78, 5) is 11.1. The summed E-state index contributed by atoms with van der Waals surface area (Å²) in [5.74, 6) is 0.424. The minimum Gasteiger partial charge on any atom is -0.356 e. The Hall–Kier alpha value is -0.790. The second kappa shape index (κ2) is 3.40. The molecule has 0 atom stereocenters. The van der Waals surface area contributed by atoms with E-state index in [0.29, 0.717) is 0 Å². The Morgan fingerprint density at radius 2 is 2.20 bits per heavy atom. The number of carbonyl (C=O) groups is 1. The zero-order chi connectivity index (χ0) is 7.40. The van der Waals surface area contributed by atoms with Crippen LogP contribution in [0.15, 0.2) is 12.2 Å². The molecule has 10 heavy (non-hydrogen) atoms. The average Bonchev–Trinajstić information content (AvgIpc) is 2.38. The molecular formula is C8H13NO. The van der Waals surface area contributed by atoms with Crippen LogP contribution < -0.4 is 5.32 Å². The lowest BCUT2D eigenvalue weighted by Gasteiger charge is -2.07. The van der Waals surface area contributed by atoms with Gasteiger partial charge in [0.15, 0.2) is 0 Å². The second-order valence-electron chi connectivity index (χ2n) is 2.53. The summed E-state index contributed by atoms with van der Waals surface area (Å²) >= 11 is 0. The summed E-state index contributed by atoms with van der Waals surface area (Å²) in [6.45, 7) is 2.69. The second-order valence-corrected chi connectivity index (χ2v) is 2.53.